The number of hydrogen-bond donors (Lipinski definition) is 0. The number of rotatable bonds is 35. The lowest BCUT2D eigenvalue weighted by Gasteiger charge is -2.08. The van der Waals surface area contributed by atoms with Crippen molar-refractivity contribution in [1.29, 1.82) is 0 Å². The van der Waals surface area contributed by atoms with Crippen LogP contribution >= 0.6 is 0 Å². The molecule has 0 unspecified atom stereocenters. The van der Waals surface area contributed by atoms with Crippen molar-refractivity contribution >= 4 is 5.97 Å². The summed E-state index contributed by atoms with van der Waals surface area (Å²) in [5.74, 6) is -0.109. The predicted molar refractivity (Wildman–Crippen MR) is 167 cm³/mol. The average Bonchev–Trinajstić information content (AvgIpc) is 2.96. The van der Waals surface area contributed by atoms with E-state index in [9.17, 15) is 4.79 Å². The smallest absolute Gasteiger partial charge is 0.305 e. The van der Waals surface area contributed by atoms with Crippen LogP contribution in [0.3, 0.4) is 0 Å². The zero-order valence-electron chi connectivity index (χ0n) is 26.9. The molecule has 0 aliphatic carbocycles. The molecule has 0 bridgehead atoms. The molecule has 0 fully saturated rings. The standard InChI is InChI=1S/C34H68O6/c1-3-5-7-9-11-13-14-15-16-17-18-20-22-24-34(35)40-33-32-39-31-30-38-29-28-37-27-26-36-25-23-21-19-12-10-8-6-4-2/h3-33H2,1-2H3. The Labute approximate surface area is 249 Å². The van der Waals surface area contributed by atoms with Crippen LogP contribution in [0.2, 0.25) is 0 Å². The zero-order chi connectivity index (χ0) is 29.0. The number of carbonyl (C=O) groups excluding carboxylic acids is 1. The van der Waals surface area contributed by atoms with Crippen LogP contribution in [0.25, 0.3) is 0 Å². The SMILES string of the molecule is CCCCCCCCCCCCCCCC(=O)OCCOCCOCCOCCOCCCCCCCCCC. The summed E-state index contributed by atoms with van der Waals surface area (Å²) in [7, 11) is 0. The van der Waals surface area contributed by atoms with E-state index in [4.69, 9.17) is 23.7 Å². The molecule has 0 saturated carbocycles. The van der Waals surface area contributed by atoms with Gasteiger partial charge in [-0.1, -0.05) is 136 Å². The zero-order valence-corrected chi connectivity index (χ0v) is 26.9. The van der Waals surface area contributed by atoms with E-state index in [1.165, 1.54) is 116 Å². The van der Waals surface area contributed by atoms with Crippen LogP contribution in [0.4, 0.5) is 0 Å². The van der Waals surface area contributed by atoms with Gasteiger partial charge in [-0.25, -0.2) is 0 Å². The first kappa shape index (κ1) is 39.3. The van der Waals surface area contributed by atoms with Gasteiger partial charge in [0.25, 0.3) is 0 Å². The second kappa shape index (κ2) is 36.3. The molecular weight excluding hydrogens is 504 g/mol. The van der Waals surface area contributed by atoms with Crippen LogP contribution in [0.15, 0.2) is 0 Å². The molecular formula is C34H68O6. The van der Waals surface area contributed by atoms with Crippen molar-refractivity contribution in [3.63, 3.8) is 0 Å². The highest BCUT2D eigenvalue weighted by molar-refractivity contribution is 5.69. The van der Waals surface area contributed by atoms with Gasteiger partial charge in [-0.3, -0.25) is 4.79 Å². The largest absolute Gasteiger partial charge is 0.463 e. The third kappa shape index (κ3) is 35.3. The highest BCUT2D eigenvalue weighted by Gasteiger charge is 2.03. The molecule has 0 saturated heterocycles. The van der Waals surface area contributed by atoms with Crippen LogP contribution in [-0.2, 0) is 28.5 Å². The van der Waals surface area contributed by atoms with Crippen LogP contribution in [0, 0.1) is 0 Å². The molecule has 0 aliphatic heterocycles. The van der Waals surface area contributed by atoms with Gasteiger partial charge in [0.15, 0.2) is 0 Å². The van der Waals surface area contributed by atoms with E-state index < -0.39 is 0 Å². The van der Waals surface area contributed by atoms with Gasteiger partial charge < -0.3 is 23.7 Å². The van der Waals surface area contributed by atoms with Crippen molar-refractivity contribution < 1.29 is 28.5 Å². The summed E-state index contributed by atoms with van der Waals surface area (Å²) >= 11 is 0. The highest BCUT2D eigenvalue weighted by atomic mass is 16.6. The summed E-state index contributed by atoms with van der Waals surface area (Å²) in [6.45, 7) is 9.50. The van der Waals surface area contributed by atoms with Crippen LogP contribution in [0.5, 0.6) is 0 Å². The monoisotopic (exact) mass is 573 g/mol. The van der Waals surface area contributed by atoms with Crippen molar-refractivity contribution in [3.8, 4) is 0 Å². The fraction of sp³-hybridized carbons (Fsp3) is 0.971. The maximum atomic E-state index is 11.8. The van der Waals surface area contributed by atoms with Gasteiger partial charge in [0.1, 0.15) is 6.61 Å². The first-order valence-corrected chi connectivity index (χ1v) is 17.3. The highest BCUT2D eigenvalue weighted by Crippen LogP contribution is 2.13. The number of ether oxygens (including phenoxy) is 5. The summed E-state index contributed by atoms with van der Waals surface area (Å²) in [6.07, 6.45) is 28.1. The van der Waals surface area contributed by atoms with Gasteiger partial charge in [0.2, 0.25) is 0 Å². The molecule has 0 aromatic carbocycles. The molecule has 0 atom stereocenters. The topological polar surface area (TPSA) is 63.2 Å². The number of carbonyl (C=O) groups is 1. The number of unbranched alkanes of at least 4 members (excludes halogenated alkanes) is 19. The first-order chi connectivity index (χ1) is 19.8. The summed E-state index contributed by atoms with van der Waals surface area (Å²) in [6, 6.07) is 0. The molecule has 0 aliphatic rings. The van der Waals surface area contributed by atoms with Crippen molar-refractivity contribution in [2.45, 2.75) is 155 Å². The molecule has 0 aromatic heterocycles. The lowest BCUT2D eigenvalue weighted by Crippen LogP contribution is -2.14. The fourth-order valence-electron chi connectivity index (χ4n) is 4.67. The molecule has 0 spiro atoms. The van der Waals surface area contributed by atoms with E-state index in [0.717, 1.165) is 25.9 Å². The van der Waals surface area contributed by atoms with Crippen molar-refractivity contribution in [3.05, 3.63) is 0 Å². The Morgan fingerprint density at radius 2 is 0.650 bits per heavy atom. The normalized spacial score (nSPS) is 11.3. The van der Waals surface area contributed by atoms with Crippen molar-refractivity contribution in [2.24, 2.45) is 0 Å². The van der Waals surface area contributed by atoms with Gasteiger partial charge in [0, 0.05) is 13.0 Å². The van der Waals surface area contributed by atoms with E-state index in [1.807, 2.05) is 0 Å². The van der Waals surface area contributed by atoms with Gasteiger partial charge in [-0.05, 0) is 12.8 Å². The average molecular weight is 573 g/mol. The Kier molecular flexibility index (Phi) is 35.7. The quantitative estimate of drug-likeness (QED) is 0.0557. The number of hydrogen-bond acceptors (Lipinski definition) is 6. The van der Waals surface area contributed by atoms with E-state index >= 15 is 0 Å². The minimum atomic E-state index is -0.109. The van der Waals surface area contributed by atoms with Gasteiger partial charge in [-0.2, -0.15) is 0 Å². The van der Waals surface area contributed by atoms with E-state index in [0.29, 0.717) is 59.3 Å². The van der Waals surface area contributed by atoms with E-state index in [1.54, 1.807) is 0 Å². The van der Waals surface area contributed by atoms with Gasteiger partial charge >= 0.3 is 5.97 Å². The lowest BCUT2D eigenvalue weighted by molar-refractivity contribution is -0.145. The fourth-order valence-corrected chi connectivity index (χ4v) is 4.67. The number of esters is 1. The molecule has 0 rings (SSSR count). The molecule has 0 N–H and O–H groups in total. The molecule has 0 amide bonds. The van der Waals surface area contributed by atoms with Crippen LogP contribution in [0.1, 0.15) is 155 Å². The molecule has 40 heavy (non-hydrogen) atoms. The minimum absolute atomic E-state index is 0.109. The van der Waals surface area contributed by atoms with E-state index in [2.05, 4.69) is 13.8 Å². The molecule has 0 radical (unpaired) electrons. The van der Waals surface area contributed by atoms with Crippen molar-refractivity contribution in [1.82, 2.24) is 0 Å². The molecule has 6 heteroatoms. The Balaban J connectivity index is 3.13. The van der Waals surface area contributed by atoms with E-state index in [-0.39, 0.29) is 5.97 Å². The summed E-state index contributed by atoms with van der Waals surface area (Å²) in [5.41, 5.74) is 0. The Morgan fingerprint density at radius 3 is 1.05 bits per heavy atom. The summed E-state index contributed by atoms with van der Waals surface area (Å²) < 4.78 is 27.4. The first-order valence-electron chi connectivity index (χ1n) is 17.3. The maximum absolute atomic E-state index is 11.8. The lowest BCUT2D eigenvalue weighted by atomic mass is 10.0. The Hall–Kier alpha value is -0.690. The minimum Gasteiger partial charge on any atom is -0.463 e. The van der Waals surface area contributed by atoms with Crippen LogP contribution < -0.4 is 0 Å². The summed E-state index contributed by atoms with van der Waals surface area (Å²) in [4.78, 5) is 11.8. The molecule has 0 aromatic rings. The van der Waals surface area contributed by atoms with Crippen LogP contribution in [-0.4, -0.2) is 65.4 Å². The molecule has 6 nitrogen and oxygen atoms in total. The Morgan fingerprint density at radius 1 is 0.350 bits per heavy atom. The van der Waals surface area contributed by atoms with Crippen molar-refractivity contribution in [2.75, 3.05) is 59.5 Å². The third-order valence-electron chi connectivity index (χ3n) is 7.23. The Bertz CT molecular complexity index is 473. The second-order valence-electron chi connectivity index (χ2n) is 11.1. The summed E-state index contributed by atoms with van der Waals surface area (Å²) in [5, 5.41) is 0. The predicted octanol–water partition coefficient (Wildman–Crippen LogP) is 9.22. The second-order valence-corrected chi connectivity index (χ2v) is 11.1. The molecule has 240 valence electrons. The molecule has 0 heterocycles. The van der Waals surface area contributed by atoms with Gasteiger partial charge in [0.05, 0.1) is 46.2 Å². The van der Waals surface area contributed by atoms with Gasteiger partial charge in [-0.15, -0.1) is 0 Å². The third-order valence-corrected chi connectivity index (χ3v) is 7.23. The maximum Gasteiger partial charge on any atom is 0.305 e.